The van der Waals surface area contributed by atoms with Crippen LogP contribution in [-0.4, -0.2) is 0 Å². The minimum atomic E-state index is -0.726. The summed E-state index contributed by atoms with van der Waals surface area (Å²) in [7, 11) is 0. The maximum absolute atomic E-state index is 9.51. The van der Waals surface area contributed by atoms with E-state index in [4.69, 9.17) is 16.8 Å². The molecule has 0 saturated carbocycles. The molecule has 0 aliphatic rings. The Balaban J connectivity index is 1.61. The third kappa shape index (κ3) is 4.09. The maximum atomic E-state index is 9.51. The van der Waals surface area contributed by atoms with E-state index >= 15 is 0 Å². The number of furan rings is 1. The molecular weight excluding hydrogens is 544 g/mol. The van der Waals surface area contributed by atoms with Crippen LogP contribution in [0.5, 0.6) is 0 Å². The van der Waals surface area contributed by atoms with Gasteiger partial charge >= 0.3 is 0 Å². The Morgan fingerprint density at radius 2 is 1.02 bits per heavy atom. The summed E-state index contributed by atoms with van der Waals surface area (Å²) in [6, 6.07) is 19.7. The van der Waals surface area contributed by atoms with Gasteiger partial charge in [0.05, 0.1) is 17.8 Å². The van der Waals surface area contributed by atoms with E-state index in [1.807, 2.05) is 84.9 Å². The van der Waals surface area contributed by atoms with E-state index in [1.54, 1.807) is 6.07 Å². The fourth-order valence-electron chi connectivity index (χ4n) is 6.25. The molecule has 0 spiro atoms. The van der Waals surface area contributed by atoms with Crippen LogP contribution in [0, 0.1) is 0 Å². The van der Waals surface area contributed by atoms with Crippen molar-refractivity contribution in [2.24, 2.45) is 0 Å². The van der Waals surface area contributed by atoms with Crippen molar-refractivity contribution in [3.63, 3.8) is 0 Å². The fraction of sp³-hybridized carbons (Fsp3) is 0. The third-order valence-electron chi connectivity index (χ3n) is 8.19. The van der Waals surface area contributed by atoms with Crippen molar-refractivity contribution < 1.29 is 22.2 Å². The van der Waals surface area contributed by atoms with Crippen molar-refractivity contribution in [3.05, 3.63) is 170 Å². The molecule has 210 valence electrons. The molecule has 1 aromatic heterocycles. The van der Waals surface area contributed by atoms with Crippen LogP contribution in [0.15, 0.2) is 174 Å². The van der Waals surface area contributed by atoms with E-state index in [9.17, 15) is 5.48 Å². The predicted molar refractivity (Wildman–Crippen MR) is 190 cm³/mol. The van der Waals surface area contributed by atoms with Crippen molar-refractivity contribution in [1.82, 2.24) is 0 Å². The van der Waals surface area contributed by atoms with Crippen molar-refractivity contribution in [2.75, 3.05) is 0 Å². The number of rotatable bonds is 4. The second-order valence-electron chi connectivity index (χ2n) is 10.7. The van der Waals surface area contributed by atoms with Gasteiger partial charge in [0.15, 0.2) is 0 Å². The topological polar surface area (TPSA) is 13.1 Å². The van der Waals surface area contributed by atoms with Gasteiger partial charge in [-0.3, -0.25) is 0 Å². The lowest BCUT2D eigenvalue weighted by Crippen LogP contribution is -1.91. The minimum Gasteiger partial charge on any atom is -0.455 e. The molecule has 45 heavy (non-hydrogen) atoms. The molecule has 1 heteroatoms. The molecule has 1 heterocycles. The molecule has 0 fully saturated rings. The van der Waals surface area contributed by atoms with E-state index in [-0.39, 0.29) is 44.0 Å². The van der Waals surface area contributed by atoms with Crippen LogP contribution in [0.25, 0.3) is 88.0 Å². The van der Waals surface area contributed by atoms with E-state index in [0.717, 1.165) is 16.3 Å². The van der Waals surface area contributed by atoms with Crippen LogP contribution in [0.2, 0.25) is 0 Å². The highest BCUT2D eigenvalue weighted by Crippen LogP contribution is 2.50. The lowest BCUT2D eigenvalue weighted by molar-refractivity contribution is 0.633. The monoisotopic (exact) mass is 585 g/mol. The van der Waals surface area contributed by atoms with Gasteiger partial charge in [0.1, 0.15) is 11.3 Å². The summed E-state index contributed by atoms with van der Waals surface area (Å²) in [6.07, 6.45) is 0. The summed E-state index contributed by atoms with van der Waals surface area (Å²) < 4.78 is 124. The zero-order valence-corrected chi connectivity index (χ0v) is 23.6. The Bertz CT molecular complexity index is 3150. The number of hydrogen-bond acceptors (Lipinski definition) is 1. The van der Waals surface area contributed by atoms with Gasteiger partial charge in [-0.05, 0) is 55.1 Å². The smallest absolute Gasteiger partial charge is 0.143 e. The molecule has 9 rings (SSSR count). The molecule has 0 amide bonds. The summed E-state index contributed by atoms with van der Waals surface area (Å²) in [5.74, 6) is 0.252. The number of benzene rings is 8. The Morgan fingerprint density at radius 3 is 1.73 bits per heavy atom. The van der Waals surface area contributed by atoms with Crippen LogP contribution in [0.4, 0.5) is 0 Å². The van der Waals surface area contributed by atoms with Gasteiger partial charge in [-0.2, -0.15) is 0 Å². The Kier molecular flexibility index (Phi) is 3.62. The lowest BCUT2D eigenvalue weighted by atomic mass is 9.84. The zero-order valence-electron chi connectivity index (χ0n) is 36.6. The third-order valence-corrected chi connectivity index (χ3v) is 8.19. The van der Waals surface area contributed by atoms with Crippen LogP contribution >= 0.6 is 0 Å². The van der Waals surface area contributed by atoms with Gasteiger partial charge in [-0.25, -0.2) is 0 Å². The second kappa shape index (κ2) is 10.4. The Hall–Kier alpha value is -5.92. The lowest BCUT2D eigenvalue weighted by Gasteiger charge is -2.18. The number of para-hydroxylation sites is 1. The predicted octanol–water partition coefficient (Wildman–Crippen LogP) is 12.6. The molecular formula is C44H28O. The quantitative estimate of drug-likeness (QED) is 0.187. The summed E-state index contributed by atoms with van der Waals surface area (Å²) in [4.78, 5) is 0. The first-order valence-electron chi connectivity index (χ1n) is 20.9. The molecule has 0 aliphatic carbocycles. The molecule has 8 aromatic carbocycles. The van der Waals surface area contributed by atoms with Crippen LogP contribution in [0.3, 0.4) is 0 Å². The van der Waals surface area contributed by atoms with Gasteiger partial charge in [0, 0.05) is 27.6 Å². The minimum absolute atomic E-state index is 0.00670. The van der Waals surface area contributed by atoms with E-state index < -0.39 is 84.1 Å². The van der Waals surface area contributed by atoms with Crippen molar-refractivity contribution in [2.45, 2.75) is 0 Å². The summed E-state index contributed by atoms with van der Waals surface area (Å²) in [5.41, 5.74) is 1.96. The molecule has 0 aliphatic heterocycles. The Morgan fingerprint density at radius 1 is 0.400 bits per heavy atom. The fourth-order valence-corrected chi connectivity index (χ4v) is 6.25. The highest BCUT2D eigenvalue weighted by Gasteiger charge is 2.25. The molecule has 0 saturated heterocycles. The van der Waals surface area contributed by atoms with Gasteiger partial charge < -0.3 is 4.42 Å². The van der Waals surface area contributed by atoms with Crippen molar-refractivity contribution >= 4 is 43.3 Å². The van der Waals surface area contributed by atoms with Gasteiger partial charge in [-0.1, -0.05) is 163 Å². The summed E-state index contributed by atoms with van der Waals surface area (Å²) in [5, 5.41) is 1.36. The number of hydrogen-bond donors (Lipinski definition) is 0. The highest BCUT2D eigenvalue weighted by atomic mass is 16.3. The first-order chi connectivity index (χ1) is 27.7. The second-order valence-corrected chi connectivity index (χ2v) is 10.7. The average molecular weight is 586 g/mol. The normalized spacial score (nSPS) is 15.6. The molecule has 0 atom stereocenters. The first-order valence-corrected chi connectivity index (χ1v) is 14.4. The average Bonchev–Trinajstić information content (AvgIpc) is 3.63. The van der Waals surface area contributed by atoms with Crippen LogP contribution in [-0.2, 0) is 0 Å². The SMILES string of the molecule is [2H]c1c([2H])c([2H])c(-c2c3c([2H])c([2H])c([2H])c([2H])c3c(-c3c(-c4ccc5ccccc5c4)oc4c(-c5ccccc5)cccc34)c3c([2H])c([2H])c([2H])c([2H])c23)c([2H])c1[2H]. The Labute approximate surface area is 279 Å². The van der Waals surface area contributed by atoms with Crippen molar-refractivity contribution in [1.29, 1.82) is 0 Å². The largest absolute Gasteiger partial charge is 0.455 e. The highest BCUT2D eigenvalue weighted by molar-refractivity contribution is 6.25. The molecule has 0 N–H and O–H groups in total. The standard InChI is InChI=1S/C44H28O/c1-3-15-30(16-4-1)34-24-13-25-39-42(43(45-44(34)39)33-27-26-29-14-7-8-19-32(29)28-33)41-37-22-11-9-20-35(37)40(31-17-5-2-6-18-31)36-21-10-12-23-38(36)41/h1-28H/i2D,5D,6D,9D,10D,11D,12D,17D,18D,20D,21D,22D,23D. The summed E-state index contributed by atoms with van der Waals surface area (Å²) >= 11 is 0. The van der Waals surface area contributed by atoms with Crippen LogP contribution in [0.1, 0.15) is 17.8 Å². The maximum Gasteiger partial charge on any atom is 0.143 e. The van der Waals surface area contributed by atoms with E-state index in [0.29, 0.717) is 22.1 Å². The molecule has 0 radical (unpaired) electrons. The van der Waals surface area contributed by atoms with Gasteiger partial charge in [-0.15, -0.1) is 0 Å². The zero-order chi connectivity index (χ0) is 41.1. The molecule has 1 nitrogen and oxygen atoms in total. The molecule has 0 bridgehead atoms. The molecule has 9 aromatic rings. The van der Waals surface area contributed by atoms with Crippen LogP contribution < -0.4 is 0 Å². The van der Waals surface area contributed by atoms with Gasteiger partial charge in [0.2, 0.25) is 0 Å². The first kappa shape index (κ1) is 15.7. The summed E-state index contributed by atoms with van der Waals surface area (Å²) in [6.45, 7) is 0. The van der Waals surface area contributed by atoms with Crippen molar-refractivity contribution in [3.8, 4) is 44.7 Å². The van der Waals surface area contributed by atoms with E-state index in [2.05, 4.69) is 0 Å². The molecule has 0 unspecified atom stereocenters. The van der Waals surface area contributed by atoms with Gasteiger partial charge in [0.25, 0.3) is 0 Å². The number of fused-ring (bicyclic) bond motifs is 4. The van der Waals surface area contributed by atoms with E-state index in [1.165, 1.54) is 0 Å².